The molecule has 0 aromatic carbocycles. The Morgan fingerprint density at radius 3 is 2.05 bits per heavy atom. The molecule has 0 bridgehead atoms. The van der Waals surface area contributed by atoms with Gasteiger partial charge in [0, 0.05) is 40.6 Å². The lowest BCUT2D eigenvalue weighted by Gasteiger charge is -2.19. The number of hydrogen-bond acceptors (Lipinski definition) is 7. The van der Waals surface area contributed by atoms with Crippen LogP contribution in [0.15, 0.2) is 0 Å². The van der Waals surface area contributed by atoms with Gasteiger partial charge >= 0.3 is 6.03 Å². The Morgan fingerprint density at radius 2 is 1.59 bits per heavy atom. The molecule has 0 aliphatic carbocycles. The fraction of sp³-hybridized carbons (Fsp3) is 0.583. The summed E-state index contributed by atoms with van der Waals surface area (Å²) in [7, 11) is 7.15. The lowest BCUT2D eigenvalue weighted by atomic mass is 10.5. The van der Waals surface area contributed by atoms with Gasteiger partial charge in [-0.05, 0) is 0 Å². The number of anilines is 3. The van der Waals surface area contributed by atoms with E-state index >= 15 is 0 Å². The van der Waals surface area contributed by atoms with Gasteiger partial charge in [0.2, 0.25) is 17.8 Å². The smallest absolute Gasteiger partial charge is 0.334 e. The second kappa shape index (κ2) is 6.30. The number of nitrogens with zero attached hydrogens (tertiary/aromatic N) is 7. The first-order chi connectivity index (χ1) is 10.3. The highest BCUT2D eigenvalue weighted by Gasteiger charge is 2.38. The van der Waals surface area contributed by atoms with E-state index in [0.29, 0.717) is 11.9 Å². The minimum atomic E-state index is -0.466. The fourth-order valence-electron chi connectivity index (χ4n) is 1.87. The number of carbonyl (C=O) groups excluding carboxylic acids is 2. The molecular weight excluding hydrogens is 310 g/mol. The van der Waals surface area contributed by atoms with E-state index in [4.69, 9.17) is 11.6 Å². The topological polar surface area (TPSA) is 85.8 Å². The summed E-state index contributed by atoms with van der Waals surface area (Å²) in [6.07, 6.45) is 0. The summed E-state index contributed by atoms with van der Waals surface area (Å²) >= 11 is 5.62. The van der Waals surface area contributed by atoms with E-state index in [1.807, 2.05) is 0 Å². The SMILES string of the molecule is CN(C)c1nc(N(C)C)nc(N2CC(=O)N(CCCl)C2=O)n1. The van der Waals surface area contributed by atoms with Crippen LogP contribution >= 0.6 is 11.6 Å². The largest absolute Gasteiger partial charge is 0.347 e. The van der Waals surface area contributed by atoms with Crippen molar-refractivity contribution < 1.29 is 9.59 Å². The monoisotopic (exact) mass is 327 g/mol. The molecule has 1 fully saturated rings. The summed E-state index contributed by atoms with van der Waals surface area (Å²) in [6.45, 7) is 0.0708. The molecule has 1 aliphatic rings. The quantitative estimate of drug-likeness (QED) is 0.556. The predicted octanol–water partition coefficient (Wildman–Crippen LogP) is 0.0110. The second-order valence-corrected chi connectivity index (χ2v) is 5.51. The van der Waals surface area contributed by atoms with E-state index in [0.717, 1.165) is 4.90 Å². The number of amides is 3. The Hall–Kier alpha value is -2.16. The Morgan fingerprint density at radius 1 is 1.05 bits per heavy atom. The second-order valence-electron chi connectivity index (χ2n) is 5.13. The predicted molar refractivity (Wildman–Crippen MR) is 83.7 cm³/mol. The van der Waals surface area contributed by atoms with Crippen LogP contribution in [-0.4, -0.2) is 79.0 Å². The highest BCUT2D eigenvalue weighted by atomic mass is 35.5. The average molecular weight is 328 g/mol. The molecule has 3 amide bonds. The van der Waals surface area contributed by atoms with Crippen molar-refractivity contribution in [2.24, 2.45) is 0 Å². The summed E-state index contributed by atoms with van der Waals surface area (Å²) in [5.74, 6) is 0.838. The Balaban J connectivity index is 2.40. The molecule has 1 aliphatic heterocycles. The molecule has 9 nitrogen and oxygen atoms in total. The molecule has 1 aromatic heterocycles. The van der Waals surface area contributed by atoms with Gasteiger partial charge < -0.3 is 9.80 Å². The number of carbonyl (C=O) groups is 2. The van der Waals surface area contributed by atoms with Crippen LogP contribution in [-0.2, 0) is 4.79 Å². The third-order valence-corrected chi connectivity index (χ3v) is 3.17. The van der Waals surface area contributed by atoms with Crippen LogP contribution in [0.25, 0.3) is 0 Å². The number of rotatable bonds is 5. The van der Waals surface area contributed by atoms with E-state index < -0.39 is 6.03 Å². The Kier molecular flexibility index (Phi) is 4.65. The van der Waals surface area contributed by atoms with Crippen molar-refractivity contribution in [3.63, 3.8) is 0 Å². The maximum atomic E-state index is 12.3. The zero-order valence-electron chi connectivity index (χ0n) is 12.9. The minimum absolute atomic E-state index is 0.0977. The Labute approximate surface area is 133 Å². The zero-order chi connectivity index (χ0) is 16.4. The Bertz CT molecular complexity index is 567. The molecule has 2 rings (SSSR count). The van der Waals surface area contributed by atoms with Crippen molar-refractivity contribution >= 4 is 41.4 Å². The zero-order valence-corrected chi connectivity index (χ0v) is 13.7. The minimum Gasteiger partial charge on any atom is -0.347 e. The van der Waals surface area contributed by atoms with Crippen molar-refractivity contribution in [3.8, 4) is 0 Å². The van der Waals surface area contributed by atoms with Gasteiger partial charge in [0.25, 0.3) is 5.91 Å². The van der Waals surface area contributed by atoms with Crippen LogP contribution in [0, 0.1) is 0 Å². The van der Waals surface area contributed by atoms with Crippen molar-refractivity contribution in [2.45, 2.75) is 0 Å². The van der Waals surface area contributed by atoms with Gasteiger partial charge in [0.05, 0.1) is 0 Å². The van der Waals surface area contributed by atoms with Crippen LogP contribution in [0.5, 0.6) is 0 Å². The molecule has 22 heavy (non-hydrogen) atoms. The highest BCUT2D eigenvalue weighted by molar-refractivity contribution is 6.19. The fourth-order valence-corrected chi connectivity index (χ4v) is 2.03. The van der Waals surface area contributed by atoms with E-state index in [1.165, 1.54) is 4.90 Å². The van der Waals surface area contributed by atoms with Gasteiger partial charge in [-0.15, -0.1) is 11.6 Å². The van der Waals surface area contributed by atoms with Crippen LogP contribution < -0.4 is 14.7 Å². The summed E-state index contributed by atoms with van der Waals surface area (Å²) in [5, 5.41) is 0. The van der Waals surface area contributed by atoms with Gasteiger partial charge in [-0.3, -0.25) is 14.6 Å². The van der Waals surface area contributed by atoms with E-state index in [-0.39, 0.29) is 30.8 Å². The summed E-state index contributed by atoms with van der Waals surface area (Å²) in [5.41, 5.74) is 0. The van der Waals surface area contributed by atoms with Crippen molar-refractivity contribution in [2.75, 3.05) is 61.9 Å². The normalized spacial score (nSPS) is 14.8. The molecule has 0 radical (unpaired) electrons. The van der Waals surface area contributed by atoms with E-state index in [9.17, 15) is 9.59 Å². The van der Waals surface area contributed by atoms with Crippen LogP contribution in [0.4, 0.5) is 22.6 Å². The molecule has 1 aromatic rings. The molecular formula is C12H18ClN7O2. The molecule has 0 spiro atoms. The van der Waals surface area contributed by atoms with E-state index in [2.05, 4.69) is 15.0 Å². The summed E-state index contributed by atoms with van der Waals surface area (Å²) in [4.78, 5) is 42.7. The van der Waals surface area contributed by atoms with Gasteiger partial charge in [-0.25, -0.2) is 4.79 Å². The third-order valence-electron chi connectivity index (χ3n) is 3.01. The number of hydrogen-bond donors (Lipinski definition) is 0. The lowest BCUT2D eigenvalue weighted by molar-refractivity contribution is -0.124. The van der Waals surface area contributed by atoms with Crippen molar-refractivity contribution in [1.82, 2.24) is 19.9 Å². The number of urea groups is 1. The lowest BCUT2D eigenvalue weighted by Crippen LogP contribution is -2.35. The first-order valence-electron chi connectivity index (χ1n) is 6.63. The van der Waals surface area contributed by atoms with Gasteiger partial charge in [0.15, 0.2) is 0 Å². The standard InChI is InChI=1S/C12H18ClN7O2/c1-17(2)9-14-10(18(3)4)16-11(15-9)20-7-8(21)19(6-5-13)12(20)22/h5-7H2,1-4H3. The third kappa shape index (κ3) is 3.03. The van der Waals surface area contributed by atoms with E-state index in [1.54, 1.807) is 38.0 Å². The maximum Gasteiger partial charge on any atom is 0.334 e. The maximum absolute atomic E-state index is 12.3. The average Bonchev–Trinajstić information content (AvgIpc) is 2.75. The van der Waals surface area contributed by atoms with Gasteiger partial charge in [-0.1, -0.05) is 0 Å². The molecule has 1 saturated heterocycles. The molecule has 0 saturated carbocycles. The first kappa shape index (κ1) is 16.2. The van der Waals surface area contributed by atoms with Gasteiger partial charge in [-0.2, -0.15) is 15.0 Å². The van der Waals surface area contributed by atoms with Crippen LogP contribution in [0.2, 0.25) is 0 Å². The molecule has 120 valence electrons. The molecule has 10 heteroatoms. The number of halogens is 1. The number of imide groups is 1. The van der Waals surface area contributed by atoms with Crippen molar-refractivity contribution in [1.29, 1.82) is 0 Å². The summed E-state index contributed by atoms with van der Waals surface area (Å²) in [6, 6.07) is -0.466. The van der Waals surface area contributed by atoms with Gasteiger partial charge in [0.1, 0.15) is 6.54 Å². The molecule has 0 unspecified atom stereocenters. The van der Waals surface area contributed by atoms with Crippen LogP contribution in [0.1, 0.15) is 0 Å². The number of aromatic nitrogens is 3. The van der Waals surface area contributed by atoms with Crippen molar-refractivity contribution in [3.05, 3.63) is 0 Å². The molecule has 2 heterocycles. The highest BCUT2D eigenvalue weighted by Crippen LogP contribution is 2.21. The first-order valence-corrected chi connectivity index (χ1v) is 7.17. The number of alkyl halides is 1. The van der Waals surface area contributed by atoms with Crippen LogP contribution in [0.3, 0.4) is 0 Å². The summed E-state index contributed by atoms with van der Waals surface area (Å²) < 4.78 is 0. The molecule has 0 N–H and O–H groups in total. The molecule has 0 atom stereocenters.